The van der Waals surface area contributed by atoms with Crippen molar-refractivity contribution in [2.24, 2.45) is 7.05 Å². The van der Waals surface area contributed by atoms with Gasteiger partial charge < -0.3 is 10.0 Å². The van der Waals surface area contributed by atoms with Gasteiger partial charge in [0.15, 0.2) is 0 Å². The molecule has 0 unspecified atom stereocenters. The number of carbonyl (C=O) groups excluding carboxylic acids is 1. The summed E-state index contributed by atoms with van der Waals surface area (Å²) >= 11 is 0. The molecule has 1 aliphatic rings. The molecule has 0 spiro atoms. The smallest absolute Gasteiger partial charge is 0.257 e. The first kappa shape index (κ1) is 10.2. The quantitative estimate of drug-likeness (QED) is 0.704. The van der Waals surface area contributed by atoms with E-state index in [9.17, 15) is 9.90 Å². The second-order valence-electron chi connectivity index (χ2n) is 3.96. The van der Waals surface area contributed by atoms with Crippen LogP contribution in [0.5, 0.6) is 0 Å². The number of rotatable bonds is 1. The van der Waals surface area contributed by atoms with Crippen LogP contribution >= 0.6 is 0 Å². The topological polar surface area (TPSA) is 58.4 Å². The molecule has 2 heterocycles. The molecule has 1 fully saturated rings. The number of nitrogens with zero attached hydrogens (tertiary/aromatic N) is 3. The molecule has 0 bridgehead atoms. The van der Waals surface area contributed by atoms with E-state index >= 15 is 0 Å². The number of aryl methyl sites for hydroxylation is 1. The van der Waals surface area contributed by atoms with E-state index in [-0.39, 0.29) is 12.0 Å². The summed E-state index contributed by atoms with van der Waals surface area (Å²) < 4.78 is 1.68. The maximum absolute atomic E-state index is 12.0. The van der Waals surface area contributed by atoms with Gasteiger partial charge in [0.1, 0.15) is 0 Å². The molecule has 0 aliphatic carbocycles. The predicted octanol–water partition coefficient (Wildman–Crippen LogP) is -0.0647. The number of hydrogen-bond acceptors (Lipinski definition) is 3. The van der Waals surface area contributed by atoms with Gasteiger partial charge in [0, 0.05) is 25.8 Å². The van der Waals surface area contributed by atoms with Gasteiger partial charge in [-0.3, -0.25) is 9.48 Å². The van der Waals surface area contributed by atoms with Crippen molar-refractivity contribution < 1.29 is 9.90 Å². The van der Waals surface area contributed by atoms with Gasteiger partial charge in [0.25, 0.3) is 5.91 Å². The second kappa shape index (κ2) is 3.66. The first-order valence-electron chi connectivity index (χ1n) is 5.05. The van der Waals surface area contributed by atoms with Crippen LogP contribution in [-0.4, -0.2) is 44.9 Å². The van der Waals surface area contributed by atoms with Gasteiger partial charge in [-0.15, -0.1) is 0 Å². The van der Waals surface area contributed by atoms with Crippen molar-refractivity contribution in [3.8, 4) is 0 Å². The van der Waals surface area contributed by atoms with E-state index in [1.54, 1.807) is 15.8 Å². The number of aliphatic hydroxyl groups is 1. The molecule has 1 aromatic heterocycles. The number of aliphatic hydroxyl groups excluding tert-OH is 1. The third-order valence-corrected chi connectivity index (χ3v) is 2.92. The number of likely N-dealkylation sites (tertiary alicyclic amines) is 1. The Hall–Kier alpha value is -1.36. The molecular formula is C10H15N3O2. The molecule has 1 saturated heterocycles. The molecule has 1 aromatic rings. The Labute approximate surface area is 88.3 Å². The van der Waals surface area contributed by atoms with E-state index in [4.69, 9.17) is 0 Å². The fourth-order valence-corrected chi connectivity index (χ4v) is 1.81. The normalized spacial score (nSPS) is 21.0. The minimum Gasteiger partial charge on any atom is -0.391 e. The summed E-state index contributed by atoms with van der Waals surface area (Å²) in [5.41, 5.74) is 1.49. The summed E-state index contributed by atoms with van der Waals surface area (Å²) in [4.78, 5) is 13.7. The van der Waals surface area contributed by atoms with Gasteiger partial charge in [0.05, 0.1) is 17.9 Å². The zero-order valence-electron chi connectivity index (χ0n) is 8.97. The molecule has 1 aliphatic heterocycles. The monoisotopic (exact) mass is 209 g/mol. The zero-order chi connectivity index (χ0) is 11.0. The van der Waals surface area contributed by atoms with Crippen molar-refractivity contribution in [2.75, 3.05) is 13.1 Å². The lowest BCUT2D eigenvalue weighted by molar-refractivity contribution is 0.0764. The molecule has 0 aromatic carbocycles. The molecule has 1 amide bonds. The molecule has 15 heavy (non-hydrogen) atoms. The van der Waals surface area contributed by atoms with E-state index in [1.165, 1.54) is 0 Å². The Kier molecular flexibility index (Phi) is 2.48. The Balaban J connectivity index is 2.18. The van der Waals surface area contributed by atoms with Crippen LogP contribution in [0.2, 0.25) is 0 Å². The summed E-state index contributed by atoms with van der Waals surface area (Å²) in [5.74, 6) is -0.0304. The third-order valence-electron chi connectivity index (χ3n) is 2.92. The van der Waals surface area contributed by atoms with Crippen LogP contribution in [0.25, 0.3) is 0 Å². The van der Waals surface area contributed by atoms with E-state index in [1.807, 2.05) is 14.0 Å². The van der Waals surface area contributed by atoms with Crippen molar-refractivity contribution in [2.45, 2.75) is 19.4 Å². The highest BCUT2D eigenvalue weighted by molar-refractivity contribution is 5.95. The van der Waals surface area contributed by atoms with Gasteiger partial charge >= 0.3 is 0 Å². The fraction of sp³-hybridized carbons (Fsp3) is 0.600. The Morgan fingerprint density at radius 2 is 2.40 bits per heavy atom. The lowest BCUT2D eigenvalue weighted by Crippen LogP contribution is -2.29. The zero-order valence-corrected chi connectivity index (χ0v) is 8.97. The molecule has 2 rings (SSSR count). The van der Waals surface area contributed by atoms with Crippen LogP contribution in [-0.2, 0) is 7.05 Å². The van der Waals surface area contributed by atoms with Crippen molar-refractivity contribution in [1.82, 2.24) is 14.7 Å². The lowest BCUT2D eigenvalue weighted by Gasteiger charge is -2.14. The Morgan fingerprint density at radius 1 is 1.67 bits per heavy atom. The summed E-state index contributed by atoms with van der Waals surface area (Å²) in [6.45, 7) is 2.94. The molecule has 82 valence electrons. The summed E-state index contributed by atoms with van der Waals surface area (Å²) in [5, 5.41) is 13.4. The summed E-state index contributed by atoms with van der Waals surface area (Å²) in [6.07, 6.45) is 1.89. The average Bonchev–Trinajstić information content (AvgIpc) is 2.75. The van der Waals surface area contributed by atoms with E-state index in [2.05, 4.69) is 5.10 Å². The number of amides is 1. The van der Waals surface area contributed by atoms with Crippen LogP contribution < -0.4 is 0 Å². The van der Waals surface area contributed by atoms with Gasteiger partial charge in [-0.2, -0.15) is 5.10 Å². The van der Waals surface area contributed by atoms with Crippen molar-refractivity contribution in [3.05, 3.63) is 17.5 Å². The van der Waals surface area contributed by atoms with E-state index in [0.29, 0.717) is 25.1 Å². The van der Waals surface area contributed by atoms with Gasteiger partial charge in [-0.1, -0.05) is 0 Å². The number of hydrogen-bond donors (Lipinski definition) is 1. The van der Waals surface area contributed by atoms with Gasteiger partial charge in [0.2, 0.25) is 0 Å². The highest BCUT2D eigenvalue weighted by Crippen LogP contribution is 2.15. The number of aromatic nitrogens is 2. The van der Waals surface area contributed by atoms with E-state index in [0.717, 1.165) is 5.69 Å². The molecule has 1 atom stereocenters. The molecule has 0 saturated carbocycles. The minimum absolute atomic E-state index is 0.0304. The van der Waals surface area contributed by atoms with Crippen LogP contribution in [0, 0.1) is 6.92 Å². The predicted molar refractivity (Wildman–Crippen MR) is 54.5 cm³/mol. The highest BCUT2D eigenvalue weighted by Gasteiger charge is 2.27. The highest BCUT2D eigenvalue weighted by atomic mass is 16.3. The largest absolute Gasteiger partial charge is 0.391 e. The number of β-amino-alcohol motifs (C(OH)–C–C–N with tert-alkyl or cyclic N) is 1. The third kappa shape index (κ3) is 1.74. The fourth-order valence-electron chi connectivity index (χ4n) is 1.81. The second-order valence-corrected chi connectivity index (χ2v) is 3.96. The van der Waals surface area contributed by atoms with Crippen LogP contribution in [0.15, 0.2) is 6.20 Å². The van der Waals surface area contributed by atoms with Crippen molar-refractivity contribution in [1.29, 1.82) is 0 Å². The summed E-state index contributed by atoms with van der Waals surface area (Å²) in [6, 6.07) is 0. The molecule has 1 N–H and O–H groups in total. The first-order chi connectivity index (χ1) is 7.09. The SMILES string of the molecule is Cc1c(C(=O)N2CC[C@@H](O)C2)cnn1C. The molecular weight excluding hydrogens is 194 g/mol. The maximum Gasteiger partial charge on any atom is 0.257 e. The van der Waals surface area contributed by atoms with Crippen LogP contribution in [0.3, 0.4) is 0 Å². The minimum atomic E-state index is -0.370. The van der Waals surface area contributed by atoms with E-state index < -0.39 is 0 Å². The van der Waals surface area contributed by atoms with Crippen LogP contribution in [0.1, 0.15) is 22.5 Å². The molecule has 0 radical (unpaired) electrons. The maximum atomic E-state index is 12.0. The standard InChI is InChI=1S/C10H15N3O2/c1-7-9(5-11-12(7)2)10(15)13-4-3-8(14)6-13/h5,8,14H,3-4,6H2,1-2H3/t8-/m1/s1. The number of carbonyl (C=O) groups is 1. The van der Waals surface area contributed by atoms with Gasteiger partial charge in [-0.05, 0) is 13.3 Å². The molecule has 5 heteroatoms. The van der Waals surface area contributed by atoms with Crippen molar-refractivity contribution in [3.63, 3.8) is 0 Å². The van der Waals surface area contributed by atoms with Crippen LogP contribution in [0.4, 0.5) is 0 Å². The molecule has 5 nitrogen and oxygen atoms in total. The Morgan fingerprint density at radius 3 is 2.87 bits per heavy atom. The van der Waals surface area contributed by atoms with Crippen molar-refractivity contribution >= 4 is 5.91 Å². The summed E-state index contributed by atoms with van der Waals surface area (Å²) in [7, 11) is 1.81. The Bertz CT molecular complexity index is 386. The van der Waals surface area contributed by atoms with Gasteiger partial charge in [-0.25, -0.2) is 0 Å². The lowest BCUT2D eigenvalue weighted by atomic mass is 10.2. The first-order valence-corrected chi connectivity index (χ1v) is 5.05. The average molecular weight is 209 g/mol.